The third-order valence-electron chi connectivity index (χ3n) is 4.13. The van der Waals surface area contributed by atoms with E-state index in [4.69, 9.17) is 5.11 Å². The van der Waals surface area contributed by atoms with Crippen molar-refractivity contribution in [1.29, 1.82) is 0 Å². The van der Waals surface area contributed by atoms with Crippen LogP contribution >= 0.6 is 0 Å². The topological polar surface area (TPSA) is 86.6 Å². The summed E-state index contributed by atoms with van der Waals surface area (Å²) in [6.07, 6.45) is 1.77. The minimum atomic E-state index is -0.913. The van der Waals surface area contributed by atoms with Crippen molar-refractivity contribution in [1.82, 2.24) is 0 Å². The molecule has 0 saturated heterocycles. The van der Waals surface area contributed by atoms with Gasteiger partial charge < -0.3 is 0 Å². The van der Waals surface area contributed by atoms with E-state index < -0.39 is 5.97 Å². The summed E-state index contributed by atoms with van der Waals surface area (Å²) in [6.45, 7) is 0. The molecule has 0 atom stereocenters. The minimum absolute atomic E-state index is 0.191. The van der Waals surface area contributed by atoms with Gasteiger partial charge in [0, 0.05) is 0 Å². The van der Waals surface area contributed by atoms with E-state index in [1.54, 1.807) is 30.3 Å². The molecule has 2 heterocycles. The van der Waals surface area contributed by atoms with Crippen molar-refractivity contribution in [2.24, 2.45) is 0 Å². The average molecular weight is 410 g/mol. The maximum absolute atomic E-state index is 12.4. The molecule has 128 valence electrons. The maximum atomic E-state index is 12.4. The van der Waals surface area contributed by atoms with E-state index in [1.807, 2.05) is 30.3 Å². The Labute approximate surface area is 155 Å². The summed E-state index contributed by atoms with van der Waals surface area (Å²) >= 11 is -0.298. The molecule has 0 unspecified atom stereocenters. The predicted molar refractivity (Wildman–Crippen MR) is 100 cm³/mol. The molecular formula is C20H13NO4Se. The number of hydrogen-bond donors (Lipinski definition) is 3. The molecule has 0 radical (unpaired) electrons. The van der Waals surface area contributed by atoms with E-state index in [-0.39, 0.29) is 26.2 Å². The van der Waals surface area contributed by atoms with Gasteiger partial charge in [-0.25, -0.2) is 0 Å². The Morgan fingerprint density at radius 2 is 1.73 bits per heavy atom. The molecule has 1 aromatic heterocycles. The van der Waals surface area contributed by atoms with Crippen molar-refractivity contribution in [3.05, 3.63) is 69.0 Å². The molecule has 5 nitrogen and oxygen atoms in total. The fourth-order valence-electron chi connectivity index (χ4n) is 2.86. The first-order chi connectivity index (χ1) is 12.5. The predicted octanol–water partition coefficient (Wildman–Crippen LogP) is 3.31. The number of phenolic OH excluding ortho intramolecular Hbond substituents is 1. The number of carbonyl (C=O) groups is 2. The Hall–Kier alpha value is -3.08. The summed E-state index contributed by atoms with van der Waals surface area (Å²) in [4.78, 5) is 23.4. The second-order valence-corrected chi connectivity index (χ2v) is 8.17. The number of nitrogens with one attached hydrogen (secondary N) is 1. The molecule has 6 heteroatoms. The second kappa shape index (κ2) is 6.33. The summed E-state index contributed by atoms with van der Waals surface area (Å²) < 4.78 is 1.24. The number of hydrogen-bond acceptors (Lipinski definition) is 3. The summed E-state index contributed by atoms with van der Waals surface area (Å²) in [7, 11) is 0. The second-order valence-electron chi connectivity index (χ2n) is 5.83. The molecule has 1 aliphatic rings. The van der Waals surface area contributed by atoms with E-state index in [0.717, 1.165) is 26.8 Å². The van der Waals surface area contributed by atoms with Crippen molar-refractivity contribution in [3.63, 3.8) is 0 Å². The van der Waals surface area contributed by atoms with Crippen LogP contribution in [0.15, 0.2) is 54.6 Å². The van der Waals surface area contributed by atoms with Crippen LogP contribution in [-0.4, -0.2) is 36.6 Å². The van der Waals surface area contributed by atoms with E-state index >= 15 is 0 Å². The third kappa shape index (κ3) is 2.96. The van der Waals surface area contributed by atoms with Crippen LogP contribution in [0.3, 0.4) is 0 Å². The number of phenols is 1. The van der Waals surface area contributed by atoms with Gasteiger partial charge >= 0.3 is 155 Å². The Kier molecular flexibility index (Phi) is 3.99. The van der Waals surface area contributed by atoms with Crippen molar-refractivity contribution < 1.29 is 19.8 Å². The number of amides is 1. The number of carbonyl (C=O) groups excluding carboxylic acids is 1. The van der Waals surface area contributed by atoms with E-state index in [9.17, 15) is 14.7 Å². The quantitative estimate of drug-likeness (QED) is 0.457. The summed E-state index contributed by atoms with van der Waals surface area (Å²) in [5, 5.41) is 21.3. The Balaban J connectivity index is 1.71. The van der Waals surface area contributed by atoms with E-state index in [1.165, 1.54) is 0 Å². The normalized spacial score (nSPS) is 14.3. The van der Waals surface area contributed by atoms with Crippen molar-refractivity contribution in [3.8, 4) is 16.9 Å². The van der Waals surface area contributed by atoms with Crippen LogP contribution in [0.4, 0.5) is 5.69 Å². The first-order valence-corrected chi connectivity index (χ1v) is 9.52. The average Bonchev–Trinajstić information content (AvgIpc) is 3.21. The Bertz CT molecular complexity index is 1060. The zero-order chi connectivity index (χ0) is 18.3. The van der Waals surface area contributed by atoms with E-state index in [2.05, 4.69) is 5.32 Å². The Morgan fingerprint density at radius 3 is 2.42 bits per heavy atom. The third-order valence-corrected chi connectivity index (χ3v) is 6.27. The zero-order valence-corrected chi connectivity index (χ0v) is 15.1. The molecule has 1 amide bonds. The van der Waals surface area contributed by atoms with Gasteiger partial charge in [-0.05, 0) is 0 Å². The first-order valence-electron chi connectivity index (χ1n) is 7.81. The number of aromatic hydroxyl groups is 1. The molecule has 0 bridgehead atoms. The summed E-state index contributed by atoms with van der Waals surface area (Å²) in [5.41, 5.74) is 3.95. The van der Waals surface area contributed by atoms with Gasteiger partial charge in [-0.3, -0.25) is 0 Å². The van der Waals surface area contributed by atoms with Crippen LogP contribution < -0.4 is 5.32 Å². The summed E-state index contributed by atoms with van der Waals surface area (Å²) in [6, 6.07) is 15.9. The molecule has 0 spiro atoms. The number of carboxylic acids is 1. The molecule has 0 saturated carbocycles. The number of fused-ring (bicyclic) bond motifs is 1. The van der Waals surface area contributed by atoms with Gasteiger partial charge in [0.05, 0.1) is 0 Å². The van der Waals surface area contributed by atoms with Gasteiger partial charge in [0.25, 0.3) is 0 Å². The molecule has 0 aliphatic carbocycles. The van der Waals surface area contributed by atoms with Crippen LogP contribution in [0.2, 0.25) is 0 Å². The van der Waals surface area contributed by atoms with Gasteiger partial charge in [0.1, 0.15) is 0 Å². The SMILES string of the molecule is O=C1Nc2cc(-c3ccc(O)cc3)ccc2/C1=C/c1ccc(C(=O)O)[se]1. The molecule has 2 aromatic carbocycles. The number of aromatic carboxylic acids is 1. The van der Waals surface area contributed by atoms with Crippen LogP contribution in [0, 0.1) is 0 Å². The Morgan fingerprint density at radius 1 is 1.00 bits per heavy atom. The van der Waals surface area contributed by atoms with Gasteiger partial charge in [-0.1, -0.05) is 0 Å². The van der Waals surface area contributed by atoms with Gasteiger partial charge in [0.2, 0.25) is 0 Å². The monoisotopic (exact) mass is 411 g/mol. The number of anilines is 1. The van der Waals surface area contributed by atoms with E-state index in [0.29, 0.717) is 10.0 Å². The molecular weight excluding hydrogens is 397 g/mol. The van der Waals surface area contributed by atoms with Crippen molar-refractivity contribution in [2.75, 3.05) is 5.32 Å². The van der Waals surface area contributed by atoms with Crippen LogP contribution in [0.1, 0.15) is 19.2 Å². The van der Waals surface area contributed by atoms with Crippen molar-refractivity contribution >= 4 is 43.7 Å². The zero-order valence-electron chi connectivity index (χ0n) is 13.4. The van der Waals surface area contributed by atoms with Gasteiger partial charge in [-0.2, -0.15) is 0 Å². The molecule has 1 aliphatic heterocycles. The molecule has 26 heavy (non-hydrogen) atoms. The fraction of sp³-hybridized carbons (Fsp3) is 0. The van der Waals surface area contributed by atoms with Crippen molar-refractivity contribution in [2.45, 2.75) is 0 Å². The first kappa shape index (κ1) is 16.4. The number of rotatable bonds is 3. The van der Waals surface area contributed by atoms with Gasteiger partial charge in [-0.15, -0.1) is 0 Å². The van der Waals surface area contributed by atoms with Gasteiger partial charge in [0.15, 0.2) is 0 Å². The standard InChI is InChI=1S/C20H13NO4Se/c22-13-4-1-11(2-5-13)12-3-7-15-16(19(23)21-17(15)9-12)10-14-6-8-18(26-14)20(24)25/h1-10,22H,(H,21,23)(H,24,25)/b16-10-. The fourth-order valence-corrected chi connectivity index (χ4v) is 4.52. The number of benzene rings is 2. The molecule has 0 fully saturated rings. The van der Waals surface area contributed by atoms with Crippen LogP contribution in [0.25, 0.3) is 22.8 Å². The number of carboxylic acid groups (broad SMARTS) is 1. The molecule has 3 aromatic rings. The summed E-state index contributed by atoms with van der Waals surface area (Å²) in [5.74, 6) is -0.901. The molecule has 3 N–H and O–H groups in total. The van der Waals surface area contributed by atoms with Crippen LogP contribution in [-0.2, 0) is 4.79 Å². The van der Waals surface area contributed by atoms with Crippen LogP contribution in [0.5, 0.6) is 5.75 Å². The molecule has 4 rings (SSSR count).